The van der Waals surface area contributed by atoms with Gasteiger partial charge in [-0.2, -0.15) is 5.10 Å². The van der Waals surface area contributed by atoms with Crippen molar-refractivity contribution in [3.63, 3.8) is 0 Å². The van der Waals surface area contributed by atoms with Crippen LogP contribution in [0.15, 0.2) is 85.1 Å². The lowest BCUT2D eigenvalue weighted by Crippen LogP contribution is -2.14. The number of hydrogen-bond donors (Lipinski definition) is 1. The minimum atomic E-state index is -0.538. The van der Waals surface area contributed by atoms with Crippen molar-refractivity contribution in [2.75, 3.05) is 5.32 Å². The van der Waals surface area contributed by atoms with E-state index in [1.807, 2.05) is 54.6 Å². The first kappa shape index (κ1) is 21.1. The number of non-ortho nitro benzene ring substituents is 1. The molecule has 4 aromatic rings. The minimum Gasteiger partial charge on any atom is -0.470 e. The summed E-state index contributed by atoms with van der Waals surface area (Å²) in [5, 5.41) is 17.9. The number of benzene rings is 3. The van der Waals surface area contributed by atoms with Crippen LogP contribution in [0, 0.1) is 10.1 Å². The van der Waals surface area contributed by atoms with Crippen molar-refractivity contribution in [3.05, 3.63) is 106 Å². The average Bonchev–Trinajstić information content (AvgIpc) is 3.28. The third-order valence-electron chi connectivity index (χ3n) is 4.60. The van der Waals surface area contributed by atoms with Crippen LogP contribution in [0.5, 0.6) is 5.75 Å². The minimum absolute atomic E-state index is 0.0173. The number of halogens is 1. The van der Waals surface area contributed by atoms with Gasteiger partial charge in [-0.15, -0.1) is 0 Å². The molecule has 32 heavy (non-hydrogen) atoms. The summed E-state index contributed by atoms with van der Waals surface area (Å²) in [7, 11) is 0. The fourth-order valence-electron chi connectivity index (χ4n) is 2.98. The lowest BCUT2D eigenvalue weighted by molar-refractivity contribution is -0.384. The zero-order valence-corrected chi connectivity index (χ0v) is 17.4. The first-order valence-electron chi connectivity index (χ1n) is 9.56. The van der Waals surface area contributed by atoms with Gasteiger partial charge in [-0.25, -0.2) is 4.68 Å². The molecule has 0 saturated carbocycles. The molecule has 9 heteroatoms. The van der Waals surface area contributed by atoms with E-state index >= 15 is 0 Å². The second-order valence-electron chi connectivity index (χ2n) is 6.78. The van der Waals surface area contributed by atoms with E-state index in [1.165, 1.54) is 22.9 Å². The molecule has 0 unspecified atom stereocenters. The number of ether oxygens (including phenoxy) is 1. The molecule has 3 aromatic carbocycles. The molecule has 0 aliphatic rings. The molecule has 0 radical (unpaired) electrons. The molecule has 0 spiro atoms. The maximum Gasteiger partial charge on any atom is 0.276 e. The van der Waals surface area contributed by atoms with Crippen molar-refractivity contribution in [1.29, 1.82) is 0 Å². The van der Waals surface area contributed by atoms with Crippen LogP contribution in [-0.4, -0.2) is 20.6 Å². The summed E-state index contributed by atoms with van der Waals surface area (Å²) in [6.07, 6.45) is 1.59. The normalized spacial score (nSPS) is 10.5. The van der Waals surface area contributed by atoms with Crippen molar-refractivity contribution >= 4 is 28.9 Å². The van der Waals surface area contributed by atoms with E-state index in [4.69, 9.17) is 16.3 Å². The number of nitro groups is 1. The molecule has 0 fully saturated rings. The highest BCUT2D eigenvalue weighted by Gasteiger charge is 2.12. The standard InChI is InChI=1S/C23H17ClN4O4/c24-20-14-19(28(30)31)10-11-22(20)32-15-27-13-12-21(26-27)23(29)25-18-8-6-17(7-9-18)16-4-2-1-3-5-16/h1-14H,15H2,(H,25,29). The van der Waals surface area contributed by atoms with Gasteiger partial charge < -0.3 is 10.1 Å². The smallest absolute Gasteiger partial charge is 0.276 e. The Morgan fingerprint density at radius 3 is 2.44 bits per heavy atom. The summed E-state index contributed by atoms with van der Waals surface area (Å²) in [4.78, 5) is 22.7. The highest BCUT2D eigenvalue weighted by molar-refractivity contribution is 6.32. The van der Waals surface area contributed by atoms with E-state index in [1.54, 1.807) is 12.3 Å². The Balaban J connectivity index is 1.36. The van der Waals surface area contributed by atoms with Gasteiger partial charge in [0.05, 0.1) is 9.95 Å². The highest BCUT2D eigenvalue weighted by atomic mass is 35.5. The molecule has 1 aromatic heterocycles. The van der Waals surface area contributed by atoms with Gasteiger partial charge in [0.15, 0.2) is 12.4 Å². The number of carbonyl (C=O) groups excluding carboxylic acids is 1. The summed E-state index contributed by atoms with van der Waals surface area (Å²) in [5.41, 5.74) is 2.89. The molecular formula is C23H17ClN4O4. The van der Waals surface area contributed by atoms with Gasteiger partial charge >= 0.3 is 0 Å². The van der Waals surface area contributed by atoms with Crippen molar-refractivity contribution in [2.24, 2.45) is 0 Å². The van der Waals surface area contributed by atoms with Gasteiger partial charge in [-0.05, 0) is 35.4 Å². The zero-order chi connectivity index (χ0) is 22.5. The highest BCUT2D eigenvalue weighted by Crippen LogP contribution is 2.28. The molecule has 1 amide bonds. The van der Waals surface area contributed by atoms with Gasteiger partial charge in [0, 0.05) is 24.0 Å². The van der Waals surface area contributed by atoms with E-state index in [2.05, 4.69) is 10.4 Å². The number of hydrogen-bond acceptors (Lipinski definition) is 5. The molecule has 0 bridgehead atoms. The van der Waals surface area contributed by atoms with Gasteiger partial charge in [-0.1, -0.05) is 54.1 Å². The predicted octanol–water partition coefficient (Wildman–Crippen LogP) is 5.40. The number of rotatable bonds is 7. The van der Waals surface area contributed by atoms with Gasteiger partial charge in [0.2, 0.25) is 0 Å². The number of nitrogens with zero attached hydrogens (tertiary/aromatic N) is 3. The van der Waals surface area contributed by atoms with Gasteiger partial charge in [0.1, 0.15) is 5.75 Å². The first-order chi connectivity index (χ1) is 15.5. The average molecular weight is 449 g/mol. The molecular weight excluding hydrogens is 432 g/mol. The quantitative estimate of drug-likeness (QED) is 0.301. The summed E-state index contributed by atoms with van der Waals surface area (Å²) >= 11 is 6.01. The van der Waals surface area contributed by atoms with E-state index in [-0.39, 0.29) is 34.8 Å². The Hall–Kier alpha value is -4.17. The number of nitrogens with one attached hydrogen (secondary N) is 1. The molecule has 4 rings (SSSR count). The van der Waals surface area contributed by atoms with Crippen LogP contribution in [0.25, 0.3) is 11.1 Å². The Bertz CT molecular complexity index is 1260. The molecule has 8 nitrogen and oxygen atoms in total. The summed E-state index contributed by atoms with van der Waals surface area (Å²) in [6, 6.07) is 23.0. The second-order valence-corrected chi connectivity index (χ2v) is 7.19. The fourth-order valence-corrected chi connectivity index (χ4v) is 3.21. The monoisotopic (exact) mass is 448 g/mol. The third-order valence-corrected chi connectivity index (χ3v) is 4.90. The van der Waals surface area contributed by atoms with Crippen LogP contribution in [0.1, 0.15) is 10.5 Å². The molecule has 160 valence electrons. The molecule has 0 aliphatic heterocycles. The van der Waals surface area contributed by atoms with Gasteiger partial charge in [-0.3, -0.25) is 14.9 Å². The van der Waals surface area contributed by atoms with E-state index in [0.29, 0.717) is 5.69 Å². The van der Waals surface area contributed by atoms with E-state index in [0.717, 1.165) is 11.1 Å². The van der Waals surface area contributed by atoms with Crippen LogP contribution in [-0.2, 0) is 6.73 Å². The topological polar surface area (TPSA) is 99.3 Å². The molecule has 1 heterocycles. The number of carbonyl (C=O) groups is 1. The van der Waals surface area contributed by atoms with Crippen molar-refractivity contribution in [2.45, 2.75) is 6.73 Å². The van der Waals surface area contributed by atoms with Gasteiger partial charge in [0.25, 0.3) is 11.6 Å². The molecule has 0 aliphatic carbocycles. The lowest BCUT2D eigenvalue weighted by Gasteiger charge is -2.08. The number of amides is 1. The van der Waals surface area contributed by atoms with Crippen molar-refractivity contribution in [3.8, 4) is 16.9 Å². The van der Waals surface area contributed by atoms with Crippen LogP contribution in [0.4, 0.5) is 11.4 Å². The maximum atomic E-state index is 12.5. The molecule has 1 N–H and O–H groups in total. The zero-order valence-electron chi connectivity index (χ0n) is 16.6. The summed E-state index contributed by atoms with van der Waals surface area (Å²) < 4.78 is 6.96. The number of anilines is 1. The molecule has 0 atom stereocenters. The Kier molecular flexibility index (Phi) is 6.14. The Labute approximate surface area is 188 Å². The first-order valence-corrected chi connectivity index (χ1v) is 9.94. The third kappa shape index (κ3) is 4.93. The number of nitro benzene ring substituents is 1. The summed E-state index contributed by atoms with van der Waals surface area (Å²) in [6.45, 7) is -0.0173. The van der Waals surface area contributed by atoms with Crippen LogP contribution in [0.3, 0.4) is 0 Å². The Morgan fingerprint density at radius 2 is 1.75 bits per heavy atom. The maximum absolute atomic E-state index is 12.5. The van der Waals surface area contributed by atoms with E-state index in [9.17, 15) is 14.9 Å². The Morgan fingerprint density at radius 1 is 1.03 bits per heavy atom. The molecule has 0 saturated heterocycles. The van der Waals surface area contributed by atoms with Crippen molar-refractivity contribution in [1.82, 2.24) is 9.78 Å². The largest absolute Gasteiger partial charge is 0.470 e. The van der Waals surface area contributed by atoms with Crippen LogP contribution < -0.4 is 10.1 Å². The fraction of sp³-hybridized carbons (Fsp3) is 0.0435. The summed E-state index contributed by atoms with van der Waals surface area (Å²) in [5.74, 6) is -0.0816. The predicted molar refractivity (Wildman–Crippen MR) is 121 cm³/mol. The second kappa shape index (κ2) is 9.32. The lowest BCUT2D eigenvalue weighted by atomic mass is 10.1. The van der Waals surface area contributed by atoms with Crippen LogP contribution in [0.2, 0.25) is 5.02 Å². The number of aromatic nitrogens is 2. The van der Waals surface area contributed by atoms with Crippen LogP contribution >= 0.6 is 11.6 Å². The van der Waals surface area contributed by atoms with Crippen molar-refractivity contribution < 1.29 is 14.5 Å². The SMILES string of the molecule is O=C(Nc1ccc(-c2ccccc2)cc1)c1ccn(COc2ccc([N+](=O)[O-])cc2Cl)n1. The van der Waals surface area contributed by atoms with E-state index < -0.39 is 4.92 Å².